The van der Waals surface area contributed by atoms with Crippen LogP contribution >= 0.6 is 11.6 Å². The second-order valence-corrected chi connectivity index (χ2v) is 4.23. The van der Waals surface area contributed by atoms with Crippen molar-refractivity contribution in [2.75, 3.05) is 6.61 Å². The van der Waals surface area contributed by atoms with E-state index in [4.69, 9.17) is 27.0 Å². The van der Waals surface area contributed by atoms with Crippen molar-refractivity contribution in [1.29, 1.82) is 10.7 Å². The molecular weight excluding hydrogens is 268 g/mol. The molecule has 6 heteroatoms. The molecule has 0 aliphatic rings. The number of ether oxygens (including phenoxy) is 1. The first-order valence-electron chi connectivity index (χ1n) is 5.35. The van der Waals surface area contributed by atoms with Gasteiger partial charge in [0.05, 0.1) is 11.6 Å². The third-order valence-electron chi connectivity index (χ3n) is 2.31. The summed E-state index contributed by atoms with van der Waals surface area (Å²) in [7, 11) is 0. The molecule has 0 fully saturated rings. The molecule has 0 saturated heterocycles. The highest BCUT2D eigenvalue weighted by Crippen LogP contribution is 2.10. The van der Waals surface area contributed by atoms with Gasteiger partial charge < -0.3 is 10.1 Å². The number of carbonyl (C=O) groups excluding carboxylic acids is 2. The van der Waals surface area contributed by atoms with Crippen LogP contribution < -0.4 is 0 Å². The normalized spacial score (nSPS) is 11.2. The Kier molecular flexibility index (Phi) is 5.22. The summed E-state index contributed by atoms with van der Waals surface area (Å²) in [6, 6.07) is 7.69. The second-order valence-electron chi connectivity index (χ2n) is 3.79. The topological polar surface area (TPSA) is 91.0 Å². The average Bonchev–Trinajstić information content (AvgIpc) is 2.37. The SMILES string of the molecule is CC(=N)C(C#N)C(=O)COC(=O)c1ccc(Cl)cc1. The molecule has 0 aliphatic carbocycles. The standard InChI is InChI=1S/C13H11ClN2O3/c1-8(16)11(6-15)12(17)7-19-13(18)9-2-4-10(14)5-3-9/h2-5,11,16H,7H2,1H3. The first kappa shape index (κ1) is 14.9. The summed E-state index contributed by atoms with van der Waals surface area (Å²) in [6.07, 6.45) is 0. The fourth-order valence-electron chi connectivity index (χ4n) is 1.30. The lowest BCUT2D eigenvalue weighted by Crippen LogP contribution is -2.25. The van der Waals surface area contributed by atoms with Crippen molar-refractivity contribution >= 4 is 29.1 Å². The Morgan fingerprint density at radius 1 is 1.42 bits per heavy atom. The molecule has 0 spiro atoms. The fraction of sp³-hybridized carbons (Fsp3) is 0.231. The number of ketones is 1. The summed E-state index contributed by atoms with van der Waals surface area (Å²) in [5.74, 6) is -2.46. The number of nitriles is 1. The fourth-order valence-corrected chi connectivity index (χ4v) is 1.43. The number of esters is 1. The van der Waals surface area contributed by atoms with Gasteiger partial charge in [0.15, 0.2) is 12.4 Å². The minimum absolute atomic E-state index is 0.0740. The first-order valence-corrected chi connectivity index (χ1v) is 5.73. The molecule has 1 aromatic rings. The Morgan fingerprint density at radius 3 is 2.47 bits per heavy atom. The van der Waals surface area contributed by atoms with Crippen molar-refractivity contribution in [2.45, 2.75) is 6.92 Å². The van der Waals surface area contributed by atoms with E-state index in [9.17, 15) is 9.59 Å². The van der Waals surface area contributed by atoms with E-state index in [1.807, 2.05) is 0 Å². The molecule has 0 amide bonds. The van der Waals surface area contributed by atoms with Crippen LogP contribution in [0.25, 0.3) is 0 Å². The molecule has 1 atom stereocenters. The smallest absolute Gasteiger partial charge is 0.338 e. The summed E-state index contributed by atoms with van der Waals surface area (Å²) in [4.78, 5) is 23.1. The van der Waals surface area contributed by atoms with Crippen molar-refractivity contribution in [3.8, 4) is 6.07 Å². The van der Waals surface area contributed by atoms with Crippen LogP contribution in [0.15, 0.2) is 24.3 Å². The molecule has 1 aromatic carbocycles. The number of benzene rings is 1. The zero-order valence-corrected chi connectivity index (χ0v) is 10.9. The highest BCUT2D eigenvalue weighted by Gasteiger charge is 2.21. The zero-order chi connectivity index (χ0) is 14.4. The lowest BCUT2D eigenvalue weighted by molar-refractivity contribution is -0.122. The molecule has 1 unspecified atom stereocenters. The first-order chi connectivity index (χ1) is 8.95. The maximum atomic E-state index is 11.6. The number of carbonyl (C=O) groups is 2. The van der Waals surface area contributed by atoms with Crippen molar-refractivity contribution in [3.63, 3.8) is 0 Å². The minimum Gasteiger partial charge on any atom is -0.454 e. The average molecular weight is 279 g/mol. The zero-order valence-electron chi connectivity index (χ0n) is 10.1. The molecular formula is C13H11ClN2O3. The molecule has 0 aliphatic heterocycles. The van der Waals surface area contributed by atoms with Crippen LogP contribution in [0, 0.1) is 22.7 Å². The van der Waals surface area contributed by atoms with E-state index in [0.29, 0.717) is 5.02 Å². The number of rotatable bonds is 5. The second kappa shape index (κ2) is 6.66. The lowest BCUT2D eigenvalue weighted by atomic mass is 10.0. The van der Waals surface area contributed by atoms with Gasteiger partial charge in [0.2, 0.25) is 0 Å². The molecule has 5 nitrogen and oxygen atoms in total. The summed E-state index contributed by atoms with van der Waals surface area (Å²) in [5.41, 5.74) is 0.187. The Bertz CT molecular complexity index is 546. The van der Waals surface area contributed by atoms with Gasteiger partial charge in [-0.15, -0.1) is 0 Å². The Morgan fingerprint density at radius 2 is 2.00 bits per heavy atom. The van der Waals surface area contributed by atoms with Crippen LogP contribution in [-0.4, -0.2) is 24.1 Å². The summed E-state index contributed by atoms with van der Waals surface area (Å²) in [6.45, 7) is 0.822. The van der Waals surface area contributed by atoms with Crippen LogP contribution in [0.2, 0.25) is 5.02 Å². The minimum atomic E-state index is -1.17. The van der Waals surface area contributed by atoms with Gasteiger partial charge in [-0.3, -0.25) is 4.79 Å². The Balaban J connectivity index is 2.60. The van der Waals surface area contributed by atoms with Gasteiger partial charge in [-0.1, -0.05) is 11.6 Å². The molecule has 1 rings (SSSR count). The molecule has 0 heterocycles. The molecule has 0 saturated carbocycles. The van der Waals surface area contributed by atoms with Gasteiger partial charge >= 0.3 is 5.97 Å². The van der Waals surface area contributed by atoms with Crippen molar-refractivity contribution in [3.05, 3.63) is 34.9 Å². The molecule has 0 radical (unpaired) electrons. The largest absolute Gasteiger partial charge is 0.454 e. The molecule has 19 heavy (non-hydrogen) atoms. The Labute approximate surface area is 115 Å². The number of nitrogens with zero attached hydrogens (tertiary/aromatic N) is 1. The number of hydrogen-bond acceptors (Lipinski definition) is 5. The lowest BCUT2D eigenvalue weighted by Gasteiger charge is -2.07. The predicted octanol–water partition coefficient (Wildman–Crippen LogP) is 2.25. The van der Waals surface area contributed by atoms with Crippen LogP contribution in [-0.2, 0) is 9.53 Å². The van der Waals surface area contributed by atoms with Crippen LogP contribution in [0.3, 0.4) is 0 Å². The van der Waals surface area contributed by atoms with E-state index in [1.165, 1.54) is 31.2 Å². The maximum absolute atomic E-state index is 11.6. The quantitative estimate of drug-likeness (QED) is 0.660. The van der Waals surface area contributed by atoms with Crippen LogP contribution in [0.4, 0.5) is 0 Å². The van der Waals surface area contributed by atoms with E-state index in [-0.39, 0.29) is 11.3 Å². The number of nitrogens with one attached hydrogen (secondary N) is 1. The van der Waals surface area contributed by atoms with Gasteiger partial charge in [0.25, 0.3) is 0 Å². The van der Waals surface area contributed by atoms with E-state index in [1.54, 1.807) is 6.07 Å². The van der Waals surface area contributed by atoms with E-state index in [0.717, 1.165) is 0 Å². The highest BCUT2D eigenvalue weighted by atomic mass is 35.5. The van der Waals surface area contributed by atoms with Crippen molar-refractivity contribution in [2.24, 2.45) is 5.92 Å². The maximum Gasteiger partial charge on any atom is 0.338 e. The van der Waals surface area contributed by atoms with Gasteiger partial charge in [-0.2, -0.15) is 5.26 Å². The van der Waals surface area contributed by atoms with Gasteiger partial charge in [-0.05, 0) is 31.2 Å². The summed E-state index contributed by atoms with van der Waals surface area (Å²) >= 11 is 5.67. The molecule has 1 N–H and O–H groups in total. The van der Waals surface area contributed by atoms with E-state index >= 15 is 0 Å². The monoisotopic (exact) mass is 278 g/mol. The van der Waals surface area contributed by atoms with Crippen LogP contribution in [0.1, 0.15) is 17.3 Å². The van der Waals surface area contributed by atoms with E-state index in [2.05, 4.69) is 0 Å². The highest BCUT2D eigenvalue weighted by molar-refractivity contribution is 6.30. The molecule has 0 aromatic heterocycles. The predicted molar refractivity (Wildman–Crippen MR) is 69.2 cm³/mol. The number of Topliss-reactive ketones (excluding diaryl/α,β-unsaturated/α-hetero) is 1. The van der Waals surface area contributed by atoms with Gasteiger partial charge in [-0.25, -0.2) is 4.79 Å². The number of halogens is 1. The van der Waals surface area contributed by atoms with Crippen molar-refractivity contribution < 1.29 is 14.3 Å². The molecule has 98 valence electrons. The Hall–Kier alpha value is -2.19. The third kappa shape index (κ3) is 4.19. The summed E-state index contributed by atoms with van der Waals surface area (Å²) < 4.78 is 4.78. The number of hydrogen-bond donors (Lipinski definition) is 1. The summed E-state index contributed by atoms with van der Waals surface area (Å²) in [5, 5.41) is 16.5. The van der Waals surface area contributed by atoms with Crippen LogP contribution in [0.5, 0.6) is 0 Å². The van der Waals surface area contributed by atoms with Gasteiger partial charge in [0.1, 0.15) is 5.92 Å². The van der Waals surface area contributed by atoms with Gasteiger partial charge in [0, 0.05) is 10.7 Å². The molecule has 0 bridgehead atoms. The van der Waals surface area contributed by atoms with Crippen molar-refractivity contribution in [1.82, 2.24) is 0 Å². The van der Waals surface area contributed by atoms with E-state index < -0.39 is 24.3 Å². The third-order valence-corrected chi connectivity index (χ3v) is 2.56.